The first kappa shape index (κ1) is 11.4. The van der Waals surface area contributed by atoms with Gasteiger partial charge in [-0.2, -0.15) is 4.98 Å². The van der Waals surface area contributed by atoms with Crippen molar-refractivity contribution in [2.24, 2.45) is 0 Å². The lowest BCUT2D eigenvalue weighted by Gasteiger charge is -2.10. The molecular weight excluding hydrogens is 214 g/mol. The molecule has 0 bridgehead atoms. The van der Waals surface area contributed by atoms with Gasteiger partial charge in [-0.25, -0.2) is 9.97 Å². The van der Waals surface area contributed by atoms with E-state index in [1.54, 1.807) is 6.20 Å². The molecule has 0 spiro atoms. The van der Waals surface area contributed by atoms with Crippen molar-refractivity contribution >= 4 is 5.95 Å². The standard InChI is InChI=1S/C12H14N5/c1-3-9(2)16-12-15-8-14-11(17-12)10-5-4-6-13-7-10/h4-6,8-9H,3H2,1-2H3,(H,14,15,16,17). The van der Waals surface area contributed by atoms with E-state index in [1.807, 2.05) is 12.1 Å². The molecular formula is C12H14N5. The predicted molar refractivity (Wildman–Crippen MR) is 65.3 cm³/mol. The zero-order valence-corrected chi connectivity index (χ0v) is 9.88. The van der Waals surface area contributed by atoms with Crippen LogP contribution in [0.5, 0.6) is 0 Å². The van der Waals surface area contributed by atoms with Gasteiger partial charge >= 0.3 is 0 Å². The molecule has 0 saturated carbocycles. The largest absolute Gasteiger partial charge is 0.352 e. The lowest BCUT2D eigenvalue weighted by Crippen LogP contribution is -2.16. The monoisotopic (exact) mass is 228 g/mol. The highest BCUT2D eigenvalue weighted by atomic mass is 15.1. The van der Waals surface area contributed by atoms with Crippen LogP contribution in [0.4, 0.5) is 5.95 Å². The molecule has 0 aromatic carbocycles. The lowest BCUT2D eigenvalue weighted by atomic mass is 10.2. The minimum absolute atomic E-state index is 0.336. The summed E-state index contributed by atoms with van der Waals surface area (Å²) < 4.78 is 0. The number of nitrogens with zero attached hydrogens (tertiary/aromatic N) is 4. The molecule has 0 aliphatic heterocycles. The van der Waals surface area contributed by atoms with E-state index in [2.05, 4.69) is 45.3 Å². The molecule has 1 atom stereocenters. The zero-order chi connectivity index (χ0) is 12.1. The summed E-state index contributed by atoms with van der Waals surface area (Å²) in [6.45, 7) is 4.19. The summed E-state index contributed by atoms with van der Waals surface area (Å²) >= 11 is 0. The molecule has 17 heavy (non-hydrogen) atoms. The first-order valence-corrected chi connectivity index (χ1v) is 5.58. The van der Waals surface area contributed by atoms with Crippen molar-refractivity contribution in [2.45, 2.75) is 26.3 Å². The molecule has 2 heterocycles. The molecule has 0 aliphatic carbocycles. The number of aromatic nitrogens is 4. The molecule has 2 rings (SSSR count). The van der Waals surface area contributed by atoms with Gasteiger partial charge in [-0.05, 0) is 25.5 Å². The Balaban J connectivity index is 2.23. The molecule has 2 aromatic heterocycles. The topological polar surface area (TPSA) is 63.6 Å². The molecule has 5 nitrogen and oxygen atoms in total. The molecule has 1 N–H and O–H groups in total. The van der Waals surface area contributed by atoms with Crippen LogP contribution in [0.1, 0.15) is 20.3 Å². The smallest absolute Gasteiger partial charge is 0.226 e. The Hall–Kier alpha value is -2.04. The molecule has 0 aliphatic rings. The lowest BCUT2D eigenvalue weighted by molar-refractivity contribution is 0.751. The molecule has 0 saturated heterocycles. The van der Waals surface area contributed by atoms with Gasteiger partial charge in [0, 0.05) is 17.8 Å². The fourth-order valence-electron chi connectivity index (χ4n) is 1.27. The normalized spacial score (nSPS) is 12.1. The zero-order valence-electron chi connectivity index (χ0n) is 9.88. The van der Waals surface area contributed by atoms with Crippen molar-refractivity contribution < 1.29 is 0 Å². The Bertz CT molecular complexity index is 471. The SMILES string of the molecule is CCC(C)Nc1ncnc(-c2[c]nccc2)n1. The third-order valence-electron chi connectivity index (χ3n) is 2.41. The van der Waals surface area contributed by atoms with Crippen molar-refractivity contribution in [1.82, 2.24) is 19.9 Å². The van der Waals surface area contributed by atoms with Gasteiger partial charge in [-0.15, -0.1) is 0 Å². The van der Waals surface area contributed by atoms with E-state index in [-0.39, 0.29) is 0 Å². The highest BCUT2D eigenvalue weighted by Crippen LogP contribution is 2.12. The fourth-order valence-corrected chi connectivity index (χ4v) is 1.27. The quantitative estimate of drug-likeness (QED) is 0.866. The summed E-state index contributed by atoms with van der Waals surface area (Å²) in [4.78, 5) is 16.4. The highest BCUT2D eigenvalue weighted by molar-refractivity contribution is 5.53. The Morgan fingerprint density at radius 1 is 1.41 bits per heavy atom. The third kappa shape index (κ3) is 2.96. The van der Waals surface area contributed by atoms with E-state index in [0.29, 0.717) is 17.8 Å². The molecule has 87 valence electrons. The molecule has 1 radical (unpaired) electrons. The van der Waals surface area contributed by atoms with Gasteiger partial charge in [0.15, 0.2) is 5.82 Å². The number of anilines is 1. The van der Waals surface area contributed by atoms with Crippen LogP contribution in [0.15, 0.2) is 24.7 Å². The van der Waals surface area contributed by atoms with Crippen molar-refractivity contribution in [3.63, 3.8) is 0 Å². The van der Waals surface area contributed by atoms with Crippen molar-refractivity contribution in [2.75, 3.05) is 5.32 Å². The summed E-state index contributed by atoms with van der Waals surface area (Å²) in [6, 6.07) is 4.04. The maximum atomic E-state index is 4.33. The van der Waals surface area contributed by atoms with Gasteiger partial charge < -0.3 is 5.32 Å². The Kier molecular flexibility index (Phi) is 3.59. The fraction of sp³-hybridized carbons (Fsp3) is 0.333. The van der Waals surface area contributed by atoms with Crippen LogP contribution in [0, 0.1) is 6.20 Å². The summed E-state index contributed by atoms with van der Waals surface area (Å²) in [6.07, 6.45) is 7.03. The maximum absolute atomic E-state index is 4.33. The Labute approximate surface area is 100 Å². The predicted octanol–water partition coefficient (Wildman–Crippen LogP) is 1.94. The first-order chi connectivity index (χ1) is 8.29. The summed E-state index contributed by atoms with van der Waals surface area (Å²) in [5, 5.41) is 3.21. The van der Waals surface area contributed by atoms with Gasteiger partial charge in [0.05, 0.1) is 0 Å². The van der Waals surface area contributed by atoms with Crippen molar-refractivity contribution in [1.29, 1.82) is 0 Å². The molecule has 0 fully saturated rings. The van der Waals surface area contributed by atoms with E-state index in [4.69, 9.17) is 0 Å². The van der Waals surface area contributed by atoms with Gasteiger partial charge in [0.25, 0.3) is 0 Å². The van der Waals surface area contributed by atoms with E-state index in [9.17, 15) is 0 Å². The van der Waals surface area contributed by atoms with Crippen molar-refractivity contribution in [3.8, 4) is 11.4 Å². The minimum atomic E-state index is 0.336. The van der Waals surface area contributed by atoms with Crippen molar-refractivity contribution in [3.05, 3.63) is 30.9 Å². The Morgan fingerprint density at radius 2 is 2.29 bits per heavy atom. The van der Waals surface area contributed by atoms with E-state index < -0.39 is 0 Å². The number of hydrogen-bond donors (Lipinski definition) is 1. The second-order valence-electron chi connectivity index (χ2n) is 3.75. The second kappa shape index (κ2) is 5.34. The van der Waals surface area contributed by atoms with E-state index in [1.165, 1.54) is 6.33 Å². The van der Waals surface area contributed by atoms with Crippen LogP contribution < -0.4 is 5.32 Å². The number of pyridine rings is 1. The van der Waals surface area contributed by atoms with E-state index in [0.717, 1.165) is 12.0 Å². The van der Waals surface area contributed by atoms with Crippen LogP contribution in [-0.4, -0.2) is 26.0 Å². The molecule has 2 aromatic rings. The van der Waals surface area contributed by atoms with Crippen LogP contribution in [-0.2, 0) is 0 Å². The van der Waals surface area contributed by atoms with Gasteiger partial charge in [0.2, 0.25) is 5.95 Å². The maximum Gasteiger partial charge on any atom is 0.226 e. The summed E-state index contributed by atoms with van der Waals surface area (Å²) in [5.74, 6) is 1.17. The highest BCUT2D eigenvalue weighted by Gasteiger charge is 2.05. The van der Waals surface area contributed by atoms with Gasteiger partial charge in [-0.3, -0.25) is 4.98 Å². The average molecular weight is 228 g/mol. The molecule has 0 amide bonds. The molecule has 1 unspecified atom stereocenters. The summed E-state index contributed by atoms with van der Waals surface area (Å²) in [7, 11) is 0. The number of hydrogen-bond acceptors (Lipinski definition) is 5. The van der Waals surface area contributed by atoms with Gasteiger partial charge in [-0.1, -0.05) is 6.92 Å². The Morgan fingerprint density at radius 3 is 3.00 bits per heavy atom. The first-order valence-electron chi connectivity index (χ1n) is 5.58. The summed E-state index contributed by atoms with van der Waals surface area (Å²) in [5.41, 5.74) is 0.766. The number of rotatable bonds is 4. The van der Waals surface area contributed by atoms with Crippen LogP contribution in [0.3, 0.4) is 0 Å². The third-order valence-corrected chi connectivity index (χ3v) is 2.41. The van der Waals surface area contributed by atoms with Crippen LogP contribution in [0.25, 0.3) is 11.4 Å². The average Bonchev–Trinajstić information content (AvgIpc) is 2.40. The molecule has 5 heteroatoms. The minimum Gasteiger partial charge on any atom is -0.352 e. The van der Waals surface area contributed by atoms with Crippen LogP contribution in [0.2, 0.25) is 0 Å². The number of nitrogens with one attached hydrogen (secondary N) is 1. The van der Waals surface area contributed by atoms with Crippen LogP contribution >= 0.6 is 0 Å². The van der Waals surface area contributed by atoms with E-state index >= 15 is 0 Å². The second-order valence-corrected chi connectivity index (χ2v) is 3.75. The van der Waals surface area contributed by atoms with Gasteiger partial charge in [0.1, 0.15) is 12.5 Å².